The molecule has 0 radical (unpaired) electrons. The fourth-order valence-electron chi connectivity index (χ4n) is 0.711. The second-order valence-electron chi connectivity index (χ2n) is 3.17. The minimum atomic E-state index is -1.29. The second kappa shape index (κ2) is 4.24. The third kappa shape index (κ3) is 3.04. The second-order valence-corrected chi connectivity index (χ2v) is 3.17. The number of hydrogen-bond acceptors (Lipinski definition) is 0. The lowest BCUT2D eigenvalue weighted by Gasteiger charge is -2.18. The zero-order valence-electron chi connectivity index (χ0n) is 8.15. The van der Waals surface area contributed by atoms with Crippen LogP contribution >= 0.6 is 0 Å². The van der Waals surface area contributed by atoms with Crippen molar-refractivity contribution in [3.8, 4) is 0 Å². The molecule has 68 valence electrons. The van der Waals surface area contributed by atoms with Crippen LogP contribution in [0.25, 0.3) is 0 Å². The van der Waals surface area contributed by atoms with E-state index in [0.29, 0.717) is 12.0 Å². The van der Waals surface area contributed by atoms with Crippen LogP contribution in [-0.4, -0.2) is 5.67 Å². The molecule has 0 aromatic rings. The molecule has 0 bridgehead atoms. The van der Waals surface area contributed by atoms with Crippen LogP contribution < -0.4 is 0 Å². The Morgan fingerprint density at radius 2 is 2.08 bits per heavy atom. The standard InChI is InChI=1S/C11H17F/c1-6-9(3)8-10(4)11(5,12)7-2/h6,8H,1,4,7H2,2-3,5H3/b9-8-. The molecule has 1 heteroatoms. The van der Waals surface area contributed by atoms with Crippen LogP contribution in [0.15, 0.2) is 36.5 Å². The van der Waals surface area contributed by atoms with Crippen molar-refractivity contribution in [2.75, 3.05) is 0 Å². The first kappa shape index (κ1) is 11.2. The lowest BCUT2D eigenvalue weighted by atomic mass is 9.95. The van der Waals surface area contributed by atoms with E-state index in [1.807, 2.05) is 13.8 Å². The number of allylic oxidation sites excluding steroid dienone is 4. The summed E-state index contributed by atoms with van der Waals surface area (Å²) in [7, 11) is 0. The van der Waals surface area contributed by atoms with Crippen LogP contribution in [0, 0.1) is 0 Å². The van der Waals surface area contributed by atoms with Gasteiger partial charge in [0.2, 0.25) is 0 Å². The molecule has 0 N–H and O–H groups in total. The average molecular weight is 168 g/mol. The van der Waals surface area contributed by atoms with Crippen LogP contribution in [0.5, 0.6) is 0 Å². The summed E-state index contributed by atoms with van der Waals surface area (Å²) in [5, 5.41) is 0. The van der Waals surface area contributed by atoms with Crippen LogP contribution in [0.4, 0.5) is 4.39 Å². The molecular formula is C11H17F. The summed E-state index contributed by atoms with van der Waals surface area (Å²) in [6.07, 6.45) is 3.88. The number of hydrogen-bond donors (Lipinski definition) is 0. The Hall–Kier alpha value is -0.850. The van der Waals surface area contributed by atoms with Gasteiger partial charge in [-0.25, -0.2) is 4.39 Å². The summed E-state index contributed by atoms with van der Waals surface area (Å²) in [4.78, 5) is 0. The predicted octanol–water partition coefficient (Wildman–Crippen LogP) is 3.81. The van der Waals surface area contributed by atoms with Crippen molar-refractivity contribution in [2.45, 2.75) is 32.9 Å². The summed E-state index contributed by atoms with van der Waals surface area (Å²) >= 11 is 0. The molecule has 0 aliphatic rings. The van der Waals surface area contributed by atoms with Gasteiger partial charge in [-0.1, -0.05) is 37.8 Å². The van der Waals surface area contributed by atoms with Crippen LogP contribution in [0.1, 0.15) is 27.2 Å². The van der Waals surface area contributed by atoms with Gasteiger partial charge in [-0.15, -0.1) is 0 Å². The highest BCUT2D eigenvalue weighted by Crippen LogP contribution is 2.25. The lowest BCUT2D eigenvalue weighted by Crippen LogP contribution is -2.17. The lowest BCUT2D eigenvalue weighted by molar-refractivity contribution is 0.238. The molecule has 0 rings (SSSR count). The van der Waals surface area contributed by atoms with Gasteiger partial charge in [0.05, 0.1) is 0 Å². The quantitative estimate of drug-likeness (QED) is 0.560. The molecule has 0 spiro atoms. The van der Waals surface area contributed by atoms with E-state index in [1.165, 1.54) is 0 Å². The number of alkyl halides is 1. The maximum atomic E-state index is 13.5. The van der Waals surface area contributed by atoms with Crippen molar-refractivity contribution in [3.63, 3.8) is 0 Å². The van der Waals surface area contributed by atoms with E-state index in [9.17, 15) is 4.39 Å². The smallest absolute Gasteiger partial charge is 0.132 e. The average Bonchev–Trinajstić information content (AvgIpc) is 2.04. The SMILES string of the molecule is C=C/C(C)=C\C(=C)C(C)(F)CC. The topological polar surface area (TPSA) is 0 Å². The summed E-state index contributed by atoms with van der Waals surface area (Å²) in [5.41, 5.74) is 0.171. The van der Waals surface area contributed by atoms with E-state index in [-0.39, 0.29) is 0 Å². The van der Waals surface area contributed by atoms with Crippen LogP contribution in [-0.2, 0) is 0 Å². The van der Waals surface area contributed by atoms with E-state index in [1.54, 1.807) is 19.1 Å². The Balaban J connectivity index is 4.52. The Kier molecular flexibility index (Phi) is 3.94. The zero-order chi connectivity index (χ0) is 9.78. The molecule has 0 aliphatic carbocycles. The molecule has 1 atom stereocenters. The van der Waals surface area contributed by atoms with Gasteiger partial charge in [0, 0.05) is 0 Å². The first-order valence-corrected chi connectivity index (χ1v) is 4.13. The highest BCUT2D eigenvalue weighted by Gasteiger charge is 2.22. The molecule has 0 saturated carbocycles. The van der Waals surface area contributed by atoms with Gasteiger partial charge in [0.25, 0.3) is 0 Å². The number of rotatable bonds is 4. The minimum absolute atomic E-state index is 0.451. The van der Waals surface area contributed by atoms with Crippen LogP contribution in [0.2, 0.25) is 0 Å². The fraction of sp³-hybridized carbons (Fsp3) is 0.455. The van der Waals surface area contributed by atoms with Gasteiger partial charge in [-0.3, -0.25) is 0 Å². The number of halogens is 1. The molecule has 0 aliphatic heterocycles. The van der Waals surface area contributed by atoms with E-state index in [2.05, 4.69) is 13.2 Å². The van der Waals surface area contributed by atoms with Gasteiger partial charge in [-0.2, -0.15) is 0 Å². The molecule has 0 nitrogen and oxygen atoms in total. The molecule has 12 heavy (non-hydrogen) atoms. The molecular weight excluding hydrogens is 151 g/mol. The normalized spacial score (nSPS) is 16.8. The highest BCUT2D eigenvalue weighted by atomic mass is 19.1. The van der Waals surface area contributed by atoms with Crippen molar-refractivity contribution < 1.29 is 4.39 Å². The third-order valence-electron chi connectivity index (χ3n) is 2.06. The summed E-state index contributed by atoms with van der Waals surface area (Å²) in [5.74, 6) is 0. The van der Waals surface area contributed by atoms with Gasteiger partial charge < -0.3 is 0 Å². The molecule has 0 fully saturated rings. The molecule has 0 amide bonds. The molecule has 0 aromatic carbocycles. The fourth-order valence-corrected chi connectivity index (χ4v) is 0.711. The van der Waals surface area contributed by atoms with E-state index < -0.39 is 5.67 Å². The van der Waals surface area contributed by atoms with Crippen molar-refractivity contribution in [3.05, 3.63) is 36.5 Å². The van der Waals surface area contributed by atoms with Crippen molar-refractivity contribution in [1.29, 1.82) is 0 Å². The Bertz CT molecular complexity index is 209. The first-order chi connectivity index (χ1) is 5.44. The zero-order valence-corrected chi connectivity index (χ0v) is 8.15. The predicted molar refractivity (Wildman–Crippen MR) is 52.9 cm³/mol. The van der Waals surface area contributed by atoms with Gasteiger partial charge in [0.15, 0.2) is 0 Å². The maximum absolute atomic E-state index is 13.5. The van der Waals surface area contributed by atoms with E-state index in [0.717, 1.165) is 5.57 Å². The Labute approximate surface area is 74.5 Å². The minimum Gasteiger partial charge on any atom is -0.239 e. The summed E-state index contributed by atoms with van der Waals surface area (Å²) in [6.45, 7) is 12.5. The molecule has 0 aromatic heterocycles. The Morgan fingerprint density at radius 3 is 2.42 bits per heavy atom. The summed E-state index contributed by atoms with van der Waals surface area (Å²) in [6, 6.07) is 0. The summed E-state index contributed by atoms with van der Waals surface area (Å²) < 4.78 is 13.5. The largest absolute Gasteiger partial charge is 0.239 e. The van der Waals surface area contributed by atoms with Gasteiger partial charge in [-0.05, 0) is 25.8 Å². The maximum Gasteiger partial charge on any atom is 0.132 e. The molecule has 0 heterocycles. The van der Waals surface area contributed by atoms with Gasteiger partial charge >= 0.3 is 0 Å². The molecule has 1 unspecified atom stereocenters. The van der Waals surface area contributed by atoms with Crippen molar-refractivity contribution >= 4 is 0 Å². The van der Waals surface area contributed by atoms with E-state index >= 15 is 0 Å². The van der Waals surface area contributed by atoms with E-state index in [4.69, 9.17) is 0 Å². The van der Waals surface area contributed by atoms with Gasteiger partial charge in [0.1, 0.15) is 5.67 Å². The Morgan fingerprint density at radius 1 is 1.58 bits per heavy atom. The monoisotopic (exact) mass is 168 g/mol. The highest BCUT2D eigenvalue weighted by molar-refractivity contribution is 5.31. The van der Waals surface area contributed by atoms with Crippen molar-refractivity contribution in [2.24, 2.45) is 0 Å². The first-order valence-electron chi connectivity index (χ1n) is 4.13. The third-order valence-corrected chi connectivity index (χ3v) is 2.06. The van der Waals surface area contributed by atoms with Crippen LogP contribution in [0.3, 0.4) is 0 Å². The van der Waals surface area contributed by atoms with Crippen molar-refractivity contribution in [1.82, 2.24) is 0 Å². The molecule has 0 saturated heterocycles.